The van der Waals surface area contributed by atoms with Gasteiger partial charge in [-0.1, -0.05) is 12.8 Å². The smallest absolute Gasteiger partial charge is 0.191 e. The summed E-state index contributed by atoms with van der Waals surface area (Å²) < 4.78 is 11.3. The van der Waals surface area contributed by atoms with E-state index in [1.807, 2.05) is 19.2 Å². The van der Waals surface area contributed by atoms with Crippen LogP contribution in [0.3, 0.4) is 0 Å². The third kappa shape index (κ3) is 2.86. The maximum atomic E-state index is 5.96. The minimum atomic E-state index is 0.318. The number of nitrogens with one attached hydrogen (secondary N) is 2. The van der Waals surface area contributed by atoms with Crippen LogP contribution in [-0.2, 0) is 11.3 Å². The molecule has 5 heteroatoms. The van der Waals surface area contributed by atoms with E-state index < -0.39 is 0 Å². The molecule has 2 aliphatic carbocycles. The van der Waals surface area contributed by atoms with Gasteiger partial charge in [-0.2, -0.15) is 0 Å². The number of ether oxygens (including phenoxy) is 1. The highest BCUT2D eigenvalue weighted by Gasteiger charge is 2.56. The summed E-state index contributed by atoms with van der Waals surface area (Å²) >= 11 is 0. The van der Waals surface area contributed by atoms with E-state index in [1.54, 1.807) is 6.26 Å². The molecule has 0 aromatic carbocycles. The summed E-state index contributed by atoms with van der Waals surface area (Å²) in [6.45, 7) is 3.55. The van der Waals surface area contributed by atoms with Crippen molar-refractivity contribution < 1.29 is 9.15 Å². The van der Waals surface area contributed by atoms with Gasteiger partial charge in [0.25, 0.3) is 0 Å². The maximum absolute atomic E-state index is 5.96. The van der Waals surface area contributed by atoms with Crippen LogP contribution < -0.4 is 10.6 Å². The Morgan fingerprint density at radius 3 is 2.91 bits per heavy atom. The van der Waals surface area contributed by atoms with Crippen molar-refractivity contribution in [3.63, 3.8) is 0 Å². The lowest BCUT2D eigenvalue weighted by molar-refractivity contribution is -0.125. The molecule has 2 unspecified atom stereocenters. The van der Waals surface area contributed by atoms with Crippen molar-refractivity contribution in [1.29, 1.82) is 0 Å². The van der Waals surface area contributed by atoms with E-state index in [0.717, 1.165) is 24.7 Å². The first-order valence-corrected chi connectivity index (χ1v) is 8.39. The monoisotopic (exact) mass is 305 g/mol. The molecule has 0 saturated heterocycles. The minimum Gasteiger partial charge on any atom is -0.467 e. The Morgan fingerprint density at radius 2 is 2.27 bits per heavy atom. The van der Waals surface area contributed by atoms with Gasteiger partial charge in [-0.05, 0) is 38.3 Å². The summed E-state index contributed by atoms with van der Waals surface area (Å²) in [7, 11) is 1.82. The highest BCUT2D eigenvalue weighted by molar-refractivity contribution is 5.80. The first-order valence-electron chi connectivity index (χ1n) is 8.39. The van der Waals surface area contributed by atoms with Crippen LogP contribution in [0.2, 0.25) is 0 Å². The summed E-state index contributed by atoms with van der Waals surface area (Å²) in [6.07, 6.45) is 8.37. The van der Waals surface area contributed by atoms with Crippen molar-refractivity contribution >= 4 is 5.96 Å². The molecular weight excluding hydrogens is 278 g/mol. The fraction of sp³-hybridized carbons (Fsp3) is 0.706. The standard InChI is InChI=1S/C17H27N3O2/c1-3-21-15-11-14(17(15)8-4-5-9-17)20-16(18-2)19-12-13-7-6-10-22-13/h6-7,10,14-15H,3-5,8-9,11-12H2,1-2H3,(H2,18,19,20). The van der Waals surface area contributed by atoms with E-state index in [0.29, 0.717) is 24.1 Å². The number of hydrogen-bond donors (Lipinski definition) is 2. The molecule has 3 rings (SSSR count). The van der Waals surface area contributed by atoms with Crippen molar-refractivity contribution in [1.82, 2.24) is 10.6 Å². The molecule has 22 heavy (non-hydrogen) atoms. The molecule has 0 amide bonds. The molecule has 1 spiro atoms. The zero-order valence-corrected chi connectivity index (χ0v) is 13.6. The highest BCUT2D eigenvalue weighted by Crippen LogP contribution is 2.54. The molecular formula is C17H27N3O2. The number of furan rings is 1. The largest absolute Gasteiger partial charge is 0.467 e. The maximum Gasteiger partial charge on any atom is 0.191 e. The summed E-state index contributed by atoms with van der Waals surface area (Å²) in [4.78, 5) is 4.35. The van der Waals surface area contributed by atoms with E-state index in [4.69, 9.17) is 9.15 Å². The van der Waals surface area contributed by atoms with Gasteiger partial charge in [0.2, 0.25) is 0 Å². The number of guanidine groups is 1. The van der Waals surface area contributed by atoms with E-state index in [-0.39, 0.29) is 0 Å². The van der Waals surface area contributed by atoms with Crippen LogP contribution >= 0.6 is 0 Å². The fourth-order valence-electron chi connectivity index (χ4n) is 4.03. The average molecular weight is 305 g/mol. The number of aliphatic imine (C=N–C) groups is 1. The van der Waals surface area contributed by atoms with E-state index in [2.05, 4.69) is 22.5 Å². The molecule has 2 atom stereocenters. The van der Waals surface area contributed by atoms with E-state index >= 15 is 0 Å². The average Bonchev–Trinajstić information content (AvgIpc) is 3.21. The number of rotatable bonds is 5. The van der Waals surface area contributed by atoms with Crippen LogP contribution in [0.1, 0.15) is 44.8 Å². The van der Waals surface area contributed by atoms with Gasteiger partial charge in [0.1, 0.15) is 5.76 Å². The SMILES string of the molecule is CCOC1CC(NC(=NC)NCc2ccco2)C12CCCC2. The summed E-state index contributed by atoms with van der Waals surface area (Å²) in [5, 5.41) is 6.93. The molecule has 2 aliphatic rings. The lowest BCUT2D eigenvalue weighted by Crippen LogP contribution is -2.65. The van der Waals surface area contributed by atoms with Crippen molar-refractivity contribution in [2.24, 2.45) is 10.4 Å². The normalized spacial score (nSPS) is 26.9. The Hall–Kier alpha value is -1.49. The van der Waals surface area contributed by atoms with Gasteiger partial charge >= 0.3 is 0 Å². The van der Waals surface area contributed by atoms with Gasteiger partial charge < -0.3 is 19.8 Å². The lowest BCUT2D eigenvalue weighted by Gasteiger charge is -2.54. The quantitative estimate of drug-likeness (QED) is 0.648. The molecule has 0 radical (unpaired) electrons. The Morgan fingerprint density at radius 1 is 1.45 bits per heavy atom. The van der Waals surface area contributed by atoms with Gasteiger partial charge in [-0.25, -0.2) is 0 Å². The molecule has 1 aromatic rings. The molecule has 0 bridgehead atoms. The predicted octanol–water partition coefficient (Wildman–Crippen LogP) is 2.68. The topological polar surface area (TPSA) is 58.8 Å². The second-order valence-corrected chi connectivity index (χ2v) is 6.32. The Labute approximate surface area is 132 Å². The fourth-order valence-corrected chi connectivity index (χ4v) is 4.03. The first kappa shape index (κ1) is 15.4. The zero-order chi connectivity index (χ0) is 15.4. The van der Waals surface area contributed by atoms with Crippen molar-refractivity contribution in [3.05, 3.63) is 24.2 Å². The molecule has 2 saturated carbocycles. The van der Waals surface area contributed by atoms with Crippen LogP contribution in [0.5, 0.6) is 0 Å². The Balaban J connectivity index is 1.57. The van der Waals surface area contributed by atoms with E-state index in [1.165, 1.54) is 25.7 Å². The highest BCUT2D eigenvalue weighted by atomic mass is 16.5. The number of nitrogens with zero attached hydrogens (tertiary/aromatic N) is 1. The summed E-state index contributed by atoms with van der Waals surface area (Å²) in [5.41, 5.74) is 0.318. The van der Waals surface area contributed by atoms with Crippen LogP contribution in [0.4, 0.5) is 0 Å². The first-order chi connectivity index (χ1) is 10.8. The second-order valence-electron chi connectivity index (χ2n) is 6.32. The van der Waals surface area contributed by atoms with Crippen LogP contribution in [0.25, 0.3) is 0 Å². The van der Waals surface area contributed by atoms with Crippen LogP contribution in [0.15, 0.2) is 27.8 Å². The summed E-state index contributed by atoms with van der Waals surface area (Å²) in [5.74, 6) is 1.77. The summed E-state index contributed by atoms with van der Waals surface area (Å²) in [6, 6.07) is 4.33. The molecule has 2 fully saturated rings. The Bertz CT molecular complexity index is 492. The third-order valence-corrected chi connectivity index (χ3v) is 5.23. The molecule has 1 heterocycles. The molecule has 122 valence electrons. The lowest BCUT2D eigenvalue weighted by atomic mass is 9.60. The zero-order valence-electron chi connectivity index (χ0n) is 13.6. The minimum absolute atomic E-state index is 0.318. The van der Waals surface area contributed by atoms with Crippen LogP contribution in [-0.4, -0.2) is 31.8 Å². The van der Waals surface area contributed by atoms with Crippen molar-refractivity contribution in [3.8, 4) is 0 Å². The van der Waals surface area contributed by atoms with Crippen molar-refractivity contribution in [2.75, 3.05) is 13.7 Å². The molecule has 1 aromatic heterocycles. The van der Waals surface area contributed by atoms with Gasteiger partial charge in [0.05, 0.1) is 18.9 Å². The second kappa shape index (κ2) is 6.73. The predicted molar refractivity (Wildman–Crippen MR) is 86.8 cm³/mol. The van der Waals surface area contributed by atoms with Crippen molar-refractivity contribution in [2.45, 2.75) is 57.7 Å². The third-order valence-electron chi connectivity index (χ3n) is 5.23. The van der Waals surface area contributed by atoms with E-state index in [9.17, 15) is 0 Å². The molecule has 2 N–H and O–H groups in total. The van der Waals surface area contributed by atoms with Gasteiger partial charge in [-0.15, -0.1) is 0 Å². The van der Waals surface area contributed by atoms with Gasteiger partial charge in [0.15, 0.2) is 5.96 Å². The molecule has 0 aliphatic heterocycles. The van der Waals surface area contributed by atoms with Crippen LogP contribution in [0, 0.1) is 5.41 Å². The molecule has 5 nitrogen and oxygen atoms in total. The van der Waals surface area contributed by atoms with Gasteiger partial charge in [0, 0.05) is 25.1 Å². The number of hydrogen-bond acceptors (Lipinski definition) is 3. The van der Waals surface area contributed by atoms with Gasteiger partial charge in [-0.3, -0.25) is 4.99 Å². The Kier molecular flexibility index (Phi) is 4.71.